The second-order valence-electron chi connectivity index (χ2n) is 7.08. The van der Waals surface area contributed by atoms with Gasteiger partial charge in [-0.3, -0.25) is 4.79 Å². The van der Waals surface area contributed by atoms with E-state index in [1.165, 1.54) is 16.4 Å². The van der Waals surface area contributed by atoms with Crippen molar-refractivity contribution in [3.05, 3.63) is 94.0 Å². The summed E-state index contributed by atoms with van der Waals surface area (Å²) >= 11 is 3.38. The number of hydrogen-bond acceptors (Lipinski definition) is 3. The van der Waals surface area contributed by atoms with Crippen molar-refractivity contribution in [3.63, 3.8) is 0 Å². The van der Waals surface area contributed by atoms with Crippen LogP contribution in [0, 0.1) is 13.8 Å². The summed E-state index contributed by atoms with van der Waals surface area (Å²) in [4.78, 5) is 12.9. The van der Waals surface area contributed by atoms with Crippen molar-refractivity contribution in [2.24, 2.45) is 0 Å². The first-order chi connectivity index (χ1) is 14.3. The molecule has 156 valence electrons. The molecular weight excluding hydrogens is 464 g/mol. The maximum absolute atomic E-state index is 13.2. The number of aryl methyl sites for hydroxylation is 2. The summed E-state index contributed by atoms with van der Waals surface area (Å²) in [6.07, 6.45) is 0. The van der Waals surface area contributed by atoms with Gasteiger partial charge in [0.25, 0.3) is 0 Å². The Kier molecular flexibility index (Phi) is 7.07. The minimum atomic E-state index is -3.85. The molecule has 0 radical (unpaired) electrons. The molecule has 0 spiro atoms. The quantitative estimate of drug-likeness (QED) is 0.516. The maximum atomic E-state index is 13.2. The van der Waals surface area contributed by atoms with Crippen molar-refractivity contribution >= 4 is 37.5 Å². The fraction of sp³-hybridized carbons (Fsp3) is 0.174. The molecule has 5 nitrogen and oxygen atoms in total. The zero-order valence-corrected chi connectivity index (χ0v) is 19.2. The molecule has 0 aliphatic carbocycles. The first-order valence-corrected chi connectivity index (χ1v) is 11.7. The van der Waals surface area contributed by atoms with Crippen LogP contribution in [0.1, 0.15) is 16.7 Å². The highest BCUT2D eigenvalue weighted by Gasteiger charge is 2.27. The number of nitrogens with one attached hydrogen (secondary N) is 1. The zero-order chi connectivity index (χ0) is 21.7. The number of carbonyl (C=O) groups excluding carboxylic acids is 1. The lowest BCUT2D eigenvalue weighted by Crippen LogP contribution is -2.37. The molecule has 0 aliphatic rings. The number of rotatable bonds is 7. The van der Waals surface area contributed by atoms with Gasteiger partial charge in [0.05, 0.1) is 11.4 Å². The smallest absolute Gasteiger partial charge is 0.243 e. The highest BCUT2D eigenvalue weighted by Crippen LogP contribution is 2.21. The molecule has 3 aromatic rings. The molecule has 3 rings (SSSR count). The molecule has 0 saturated carbocycles. The van der Waals surface area contributed by atoms with Crippen molar-refractivity contribution in [2.75, 3.05) is 11.9 Å². The van der Waals surface area contributed by atoms with Crippen LogP contribution < -0.4 is 5.32 Å². The van der Waals surface area contributed by atoms with Gasteiger partial charge in [0.2, 0.25) is 15.9 Å². The van der Waals surface area contributed by atoms with Crippen LogP contribution in [0.4, 0.5) is 5.69 Å². The van der Waals surface area contributed by atoms with Crippen LogP contribution in [0.15, 0.2) is 82.2 Å². The molecule has 0 saturated heterocycles. The van der Waals surface area contributed by atoms with E-state index in [0.717, 1.165) is 21.2 Å². The van der Waals surface area contributed by atoms with Gasteiger partial charge in [0.1, 0.15) is 0 Å². The van der Waals surface area contributed by atoms with E-state index in [9.17, 15) is 13.2 Å². The van der Waals surface area contributed by atoms with Gasteiger partial charge in [-0.1, -0.05) is 64.0 Å². The third-order valence-corrected chi connectivity index (χ3v) is 6.96. The van der Waals surface area contributed by atoms with E-state index in [1.807, 2.05) is 56.3 Å². The fourth-order valence-corrected chi connectivity index (χ4v) is 4.73. The first-order valence-electron chi connectivity index (χ1n) is 9.42. The second-order valence-corrected chi connectivity index (χ2v) is 9.93. The van der Waals surface area contributed by atoms with Crippen molar-refractivity contribution in [1.82, 2.24) is 4.31 Å². The lowest BCUT2D eigenvalue weighted by atomic mass is 10.1. The van der Waals surface area contributed by atoms with Gasteiger partial charge < -0.3 is 5.32 Å². The molecule has 0 bridgehead atoms. The molecule has 3 aromatic carbocycles. The first kappa shape index (κ1) is 22.2. The van der Waals surface area contributed by atoms with Crippen molar-refractivity contribution in [2.45, 2.75) is 25.3 Å². The van der Waals surface area contributed by atoms with Crippen molar-refractivity contribution in [3.8, 4) is 0 Å². The topological polar surface area (TPSA) is 66.5 Å². The lowest BCUT2D eigenvalue weighted by molar-refractivity contribution is -0.116. The normalized spacial score (nSPS) is 11.5. The third-order valence-electron chi connectivity index (χ3n) is 4.63. The van der Waals surface area contributed by atoms with Crippen LogP contribution >= 0.6 is 15.9 Å². The Balaban J connectivity index is 1.86. The molecular formula is C23H23BrN2O3S. The van der Waals surface area contributed by atoms with E-state index < -0.39 is 15.9 Å². The molecule has 7 heteroatoms. The summed E-state index contributed by atoms with van der Waals surface area (Å²) in [5.74, 6) is -0.390. The number of amides is 1. The van der Waals surface area contributed by atoms with E-state index in [0.29, 0.717) is 5.69 Å². The average molecular weight is 487 g/mol. The number of nitrogens with zero attached hydrogens (tertiary/aromatic N) is 1. The molecule has 30 heavy (non-hydrogen) atoms. The number of hydrogen-bond donors (Lipinski definition) is 1. The van der Waals surface area contributed by atoms with Crippen LogP contribution in [0.25, 0.3) is 0 Å². The van der Waals surface area contributed by atoms with Crippen LogP contribution in [0.5, 0.6) is 0 Å². The Morgan fingerprint density at radius 1 is 0.967 bits per heavy atom. The van der Waals surface area contributed by atoms with E-state index >= 15 is 0 Å². The Morgan fingerprint density at radius 3 is 2.27 bits per heavy atom. The summed E-state index contributed by atoms with van der Waals surface area (Å²) in [5, 5.41) is 2.83. The van der Waals surface area contributed by atoms with Crippen molar-refractivity contribution in [1.29, 1.82) is 0 Å². The highest BCUT2D eigenvalue weighted by molar-refractivity contribution is 9.10. The van der Waals surface area contributed by atoms with Gasteiger partial charge >= 0.3 is 0 Å². The minimum Gasteiger partial charge on any atom is -0.325 e. The summed E-state index contributed by atoms with van der Waals surface area (Å²) in [5.41, 5.74) is 3.48. The SMILES string of the molecule is Cc1ccc(NC(=O)CN(Cc2ccc(Br)cc2)S(=O)(=O)c2ccccc2)c(C)c1. The molecule has 0 unspecified atom stereocenters. The summed E-state index contributed by atoms with van der Waals surface area (Å²) < 4.78 is 28.6. The highest BCUT2D eigenvalue weighted by atomic mass is 79.9. The van der Waals surface area contributed by atoms with Gasteiger partial charge in [0.15, 0.2) is 0 Å². The number of anilines is 1. The largest absolute Gasteiger partial charge is 0.325 e. The Bertz CT molecular complexity index is 1130. The monoisotopic (exact) mass is 486 g/mol. The molecule has 0 heterocycles. The third kappa shape index (κ3) is 5.56. The van der Waals surface area contributed by atoms with E-state index in [4.69, 9.17) is 0 Å². The van der Waals surface area contributed by atoms with Gasteiger partial charge in [-0.2, -0.15) is 4.31 Å². The number of sulfonamides is 1. The van der Waals surface area contributed by atoms with Gasteiger partial charge in [0, 0.05) is 16.7 Å². The summed E-state index contributed by atoms with van der Waals surface area (Å²) in [6.45, 7) is 3.68. The second kappa shape index (κ2) is 9.55. The van der Waals surface area contributed by atoms with Crippen LogP contribution in [0.2, 0.25) is 0 Å². The van der Waals surface area contributed by atoms with E-state index in [1.54, 1.807) is 18.2 Å². The van der Waals surface area contributed by atoms with Gasteiger partial charge in [-0.25, -0.2) is 8.42 Å². The number of benzene rings is 3. The number of carbonyl (C=O) groups is 1. The molecule has 1 amide bonds. The van der Waals surface area contributed by atoms with Crippen LogP contribution in [-0.2, 0) is 21.4 Å². The standard InChI is InChI=1S/C23H23BrN2O3S/c1-17-8-13-22(18(2)14-17)25-23(27)16-26(15-19-9-11-20(24)12-10-19)30(28,29)21-6-4-3-5-7-21/h3-14H,15-16H2,1-2H3,(H,25,27). The minimum absolute atomic E-state index is 0.0881. The van der Waals surface area contributed by atoms with Gasteiger partial charge in [-0.05, 0) is 55.3 Å². The Labute approximate surface area is 185 Å². The molecule has 0 atom stereocenters. The number of halogens is 1. The summed E-state index contributed by atoms with van der Waals surface area (Å²) in [7, 11) is -3.85. The molecule has 0 fully saturated rings. The molecule has 0 aromatic heterocycles. The van der Waals surface area contributed by atoms with E-state index in [2.05, 4.69) is 21.2 Å². The Morgan fingerprint density at radius 2 is 1.63 bits per heavy atom. The van der Waals surface area contributed by atoms with Crippen LogP contribution in [0.3, 0.4) is 0 Å². The van der Waals surface area contributed by atoms with Gasteiger partial charge in [-0.15, -0.1) is 0 Å². The molecule has 0 aliphatic heterocycles. The maximum Gasteiger partial charge on any atom is 0.243 e. The van der Waals surface area contributed by atoms with E-state index in [-0.39, 0.29) is 18.0 Å². The Hall–Kier alpha value is -2.48. The summed E-state index contributed by atoms with van der Waals surface area (Å²) in [6, 6.07) is 21.2. The van der Waals surface area contributed by atoms with Crippen molar-refractivity contribution < 1.29 is 13.2 Å². The van der Waals surface area contributed by atoms with Crippen LogP contribution in [-0.4, -0.2) is 25.2 Å². The predicted octanol–water partition coefficient (Wildman–Crippen LogP) is 4.90. The molecule has 1 N–H and O–H groups in total. The average Bonchev–Trinajstić information content (AvgIpc) is 2.72. The predicted molar refractivity (Wildman–Crippen MR) is 123 cm³/mol. The lowest BCUT2D eigenvalue weighted by Gasteiger charge is -2.22. The fourth-order valence-electron chi connectivity index (χ4n) is 3.06. The zero-order valence-electron chi connectivity index (χ0n) is 16.8.